The van der Waals surface area contributed by atoms with Crippen molar-refractivity contribution in [2.75, 3.05) is 6.54 Å². The first-order chi connectivity index (χ1) is 10.4. The number of carbonyl (C=O) groups is 1. The molecule has 0 spiro atoms. The molecule has 4 heteroatoms. The smallest absolute Gasteiger partial charge is 0.410 e. The number of nitrogens with zero attached hydrogens (tertiary/aromatic N) is 1. The van der Waals surface area contributed by atoms with Crippen molar-refractivity contribution in [1.29, 1.82) is 0 Å². The van der Waals surface area contributed by atoms with Crippen molar-refractivity contribution in [2.45, 2.75) is 57.8 Å². The molecule has 1 saturated heterocycles. The molecular weight excluding hydrogens is 276 g/mol. The second kappa shape index (κ2) is 5.92. The molecule has 1 amide bonds. The van der Waals surface area contributed by atoms with Crippen molar-refractivity contribution in [2.24, 2.45) is 5.92 Å². The minimum Gasteiger partial charge on any atom is -0.444 e. The van der Waals surface area contributed by atoms with Crippen LogP contribution < -0.4 is 5.32 Å². The minimum absolute atomic E-state index is 0.151. The highest BCUT2D eigenvalue weighted by molar-refractivity contribution is 5.69. The van der Waals surface area contributed by atoms with E-state index in [-0.39, 0.29) is 6.09 Å². The van der Waals surface area contributed by atoms with Gasteiger partial charge in [0.05, 0.1) is 0 Å². The average Bonchev–Trinajstić information content (AvgIpc) is 3.04. The molecule has 2 fully saturated rings. The summed E-state index contributed by atoms with van der Waals surface area (Å²) in [4.78, 5) is 14.1. The van der Waals surface area contributed by atoms with Crippen LogP contribution in [0, 0.1) is 5.92 Å². The molecule has 1 heterocycles. The van der Waals surface area contributed by atoms with Crippen LogP contribution in [0.5, 0.6) is 0 Å². The lowest BCUT2D eigenvalue weighted by atomic mass is 10.0. The first-order valence-corrected chi connectivity index (χ1v) is 8.19. The summed E-state index contributed by atoms with van der Waals surface area (Å²) in [6, 6.07) is 11.3. The summed E-state index contributed by atoms with van der Waals surface area (Å²) in [5, 5.41) is 3.66. The molecule has 4 nitrogen and oxygen atoms in total. The Morgan fingerprint density at radius 3 is 2.59 bits per heavy atom. The normalized spacial score (nSPS) is 27.2. The highest BCUT2D eigenvalue weighted by atomic mass is 16.6. The van der Waals surface area contributed by atoms with Crippen LogP contribution in [0.3, 0.4) is 0 Å². The summed E-state index contributed by atoms with van der Waals surface area (Å²) in [5.74, 6) is 0.557. The molecule has 0 aromatic heterocycles. The maximum atomic E-state index is 12.2. The van der Waals surface area contributed by atoms with Gasteiger partial charge in [0.1, 0.15) is 5.60 Å². The Morgan fingerprint density at radius 2 is 2.00 bits per heavy atom. The first-order valence-electron chi connectivity index (χ1n) is 8.19. The molecule has 1 aliphatic heterocycles. The van der Waals surface area contributed by atoms with E-state index in [4.69, 9.17) is 4.74 Å². The van der Waals surface area contributed by atoms with E-state index in [0.29, 0.717) is 18.0 Å². The molecule has 0 radical (unpaired) electrons. The van der Waals surface area contributed by atoms with Gasteiger partial charge < -0.3 is 15.0 Å². The summed E-state index contributed by atoms with van der Waals surface area (Å²) in [7, 11) is 0. The predicted molar refractivity (Wildman–Crippen MR) is 86.5 cm³/mol. The highest BCUT2D eigenvalue weighted by Gasteiger charge is 2.47. The molecule has 2 unspecified atom stereocenters. The first kappa shape index (κ1) is 15.3. The Hall–Kier alpha value is -1.55. The SMILES string of the molecule is CC(C)(C)OC(=O)N1CC2CC1C[C@@H]2NCc1ccccc1. The van der Waals surface area contributed by atoms with Gasteiger partial charge in [-0.3, -0.25) is 0 Å². The molecule has 120 valence electrons. The number of ether oxygens (including phenoxy) is 1. The summed E-state index contributed by atoms with van der Waals surface area (Å²) < 4.78 is 5.51. The average molecular weight is 302 g/mol. The molecular formula is C18H26N2O2. The molecule has 1 aliphatic carbocycles. The molecule has 1 aromatic rings. The maximum absolute atomic E-state index is 12.2. The monoisotopic (exact) mass is 302 g/mol. The van der Waals surface area contributed by atoms with Crippen LogP contribution in [-0.4, -0.2) is 35.2 Å². The van der Waals surface area contributed by atoms with Crippen LogP contribution >= 0.6 is 0 Å². The molecule has 2 bridgehead atoms. The number of hydrogen-bond donors (Lipinski definition) is 1. The summed E-state index contributed by atoms with van der Waals surface area (Å²) in [6.07, 6.45) is 1.99. The zero-order chi connectivity index (χ0) is 15.7. The van der Waals surface area contributed by atoms with Gasteiger partial charge in [-0.1, -0.05) is 30.3 Å². The lowest BCUT2D eigenvalue weighted by Gasteiger charge is -2.33. The number of hydrogen-bond acceptors (Lipinski definition) is 3. The minimum atomic E-state index is -0.413. The van der Waals surface area contributed by atoms with E-state index in [9.17, 15) is 4.79 Å². The Balaban J connectivity index is 1.50. The summed E-state index contributed by atoms with van der Waals surface area (Å²) in [6.45, 7) is 7.49. The van der Waals surface area contributed by atoms with Gasteiger partial charge >= 0.3 is 6.09 Å². The Kier molecular flexibility index (Phi) is 4.13. The maximum Gasteiger partial charge on any atom is 0.410 e. The van der Waals surface area contributed by atoms with Crippen molar-refractivity contribution >= 4 is 6.09 Å². The van der Waals surface area contributed by atoms with Gasteiger partial charge in [-0.2, -0.15) is 0 Å². The molecule has 2 aliphatic rings. The standard InChI is InChI=1S/C18H26N2O2/c1-18(2,3)22-17(21)20-12-14-9-15(20)10-16(14)19-11-13-7-5-4-6-8-13/h4-8,14-16,19H,9-12H2,1-3H3/t14?,15?,16-/m0/s1. The van der Waals surface area contributed by atoms with Gasteiger partial charge in [-0.25, -0.2) is 4.79 Å². The molecule has 22 heavy (non-hydrogen) atoms. The number of piperidine rings is 1. The number of rotatable bonds is 3. The van der Waals surface area contributed by atoms with E-state index in [1.54, 1.807) is 0 Å². The van der Waals surface area contributed by atoms with E-state index in [1.807, 2.05) is 31.7 Å². The fourth-order valence-electron chi connectivity index (χ4n) is 3.59. The predicted octanol–water partition coefficient (Wildman–Crippen LogP) is 3.17. The van der Waals surface area contributed by atoms with Crippen molar-refractivity contribution in [3.8, 4) is 0 Å². The van der Waals surface area contributed by atoms with Crippen LogP contribution in [0.1, 0.15) is 39.2 Å². The van der Waals surface area contributed by atoms with Crippen LogP contribution in [0.2, 0.25) is 0 Å². The van der Waals surface area contributed by atoms with Crippen LogP contribution in [0.15, 0.2) is 30.3 Å². The van der Waals surface area contributed by atoms with Crippen molar-refractivity contribution in [1.82, 2.24) is 10.2 Å². The second-order valence-corrected chi connectivity index (χ2v) is 7.49. The summed E-state index contributed by atoms with van der Waals surface area (Å²) >= 11 is 0. The molecule has 3 rings (SSSR count). The van der Waals surface area contributed by atoms with Crippen LogP contribution in [-0.2, 0) is 11.3 Å². The van der Waals surface area contributed by atoms with Gasteiger partial charge in [0.2, 0.25) is 0 Å². The second-order valence-electron chi connectivity index (χ2n) is 7.49. The van der Waals surface area contributed by atoms with E-state index in [1.165, 1.54) is 5.56 Å². The zero-order valence-electron chi connectivity index (χ0n) is 13.7. The lowest BCUT2D eigenvalue weighted by molar-refractivity contribution is 0.0174. The van der Waals surface area contributed by atoms with Gasteiger partial charge in [-0.15, -0.1) is 0 Å². The molecule has 1 saturated carbocycles. The fraction of sp³-hybridized carbons (Fsp3) is 0.611. The quantitative estimate of drug-likeness (QED) is 0.932. The highest BCUT2D eigenvalue weighted by Crippen LogP contribution is 2.38. The van der Waals surface area contributed by atoms with Crippen LogP contribution in [0.4, 0.5) is 4.79 Å². The number of likely N-dealkylation sites (tertiary alicyclic amines) is 1. The van der Waals surface area contributed by atoms with Crippen LogP contribution in [0.25, 0.3) is 0 Å². The Bertz CT molecular complexity index is 524. The lowest BCUT2D eigenvalue weighted by Crippen LogP contribution is -2.47. The number of fused-ring (bicyclic) bond motifs is 2. The third-order valence-corrected chi connectivity index (χ3v) is 4.58. The Morgan fingerprint density at radius 1 is 1.27 bits per heavy atom. The topological polar surface area (TPSA) is 41.6 Å². The van der Waals surface area contributed by atoms with E-state index >= 15 is 0 Å². The fourth-order valence-corrected chi connectivity index (χ4v) is 3.59. The molecule has 3 atom stereocenters. The van der Waals surface area contributed by atoms with E-state index in [0.717, 1.165) is 25.9 Å². The van der Waals surface area contributed by atoms with Crippen molar-refractivity contribution in [3.05, 3.63) is 35.9 Å². The number of amides is 1. The third-order valence-electron chi connectivity index (χ3n) is 4.58. The number of carbonyl (C=O) groups excluding carboxylic acids is 1. The van der Waals surface area contributed by atoms with Crippen molar-refractivity contribution in [3.63, 3.8) is 0 Å². The number of benzene rings is 1. The van der Waals surface area contributed by atoms with Gasteiger partial charge in [0.15, 0.2) is 0 Å². The third kappa shape index (κ3) is 3.43. The summed E-state index contributed by atoms with van der Waals surface area (Å²) in [5.41, 5.74) is 0.901. The zero-order valence-corrected chi connectivity index (χ0v) is 13.7. The van der Waals surface area contributed by atoms with E-state index in [2.05, 4.69) is 29.6 Å². The number of nitrogens with one attached hydrogen (secondary N) is 1. The largest absolute Gasteiger partial charge is 0.444 e. The molecule has 1 N–H and O–H groups in total. The van der Waals surface area contributed by atoms with Gasteiger partial charge in [0.25, 0.3) is 0 Å². The molecule has 1 aromatic carbocycles. The van der Waals surface area contributed by atoms with Gasteiger partial charge in [-0.05, 0) is 45.1 Å². The van der Waals surface area contributed by atoms with Crippen molar-refractivity contribution < 1.29 is 9.53 Å². The van der Waals surface area contributed by atoms with Gasteiger partial charge in [0, 0.05) is 25.2 Å². The van der Waals surface area contributed by atoms with E-state index < -0.39 is 5.60 Å². The Labute approximate surface area is 132 Å².